The molecule has 130 valence electrons. The highest BCUT2D eigenvalue weighted by atomic mass is 35.5. The summed E-state index contributed by atoms with van der Waals surface area (Å²) < 4.78 is 7.32. The van der Waals surface area contributed by atoms with Crippen molar-refractivity contribution >= 4 is 17.6 Å². The van der Waals surface area contributed by atoms with Crippen molar-refractivity contribution in [1.29, 1.82) is 0 Å². The topological polar surface area (TPSA) is 62.0 Å². The van der Waals surface area contributed by atoms with E-state index in [1.165, 1.54) is 0 Å². The van der Waals surface area contributed by atoms with Crippen molar-refractivity contribution in [2.75, 3.05) is 33.4 Å². The van der Waals surface area contributed by atoms with E-state index in [-0.39, 0.29) is 0 Å². The monoisotopic (exact) mass is 342 g/mol. The fourth-order valence-corrected chi connectivity index (χ4v) is 2.91. The number of ether oxygens (including phenoxy) is 1. The van der Waals surface area contributed by atoms with Gasteiger partial charge in [0, 0.05) is 58.6 Å². The van der Waals surface area contributed by atoms with E-state index in [0.717, 1.165) is 23.2 Å². The number of aliphatic imine (C=N–C) groups is 1. The van der Waals surface area contributed by atoms with Crippen LogP contribution in [0.15, 0.2) is 17.3 Å². The van der Waals surface area contributed by atoms with E-state index >= 15 is 0 Å². The van der Waals surface area contributed by atoms with Crippen LogP contribution in [-0.2, 0) is 18.3 Å². The van der Waals surface area contributed by atoms with Crippen LogP contribution in [-0.4, -0.2) is 59.5 Å². The molecular formula is C16H27ClN4O2. The highest BCUT2D eigenvalue weighted by Gasteiger charge is 2.29. The van der Waals surface area contributed by atoms with Crippen LogP contribution in [0.2, 0.25) is 5.02 Å². The maximum atomic E-state index is 10.6. The summed E-state index contributed by atoms with van der Waals surface area (Å²) in [5, 5.41) is 14.6. The van der Waals surface area contributed by atoms with Crippen molar-refractivity contribution in [1.82, 2.24) is 14.8 Å². The zero-order valence-corrected chi connectivity index (χ0v) is 14.9. The molecule has 23 heavy (non-hydrogen) atoms. The van der Waals surface area contributed by atoms with E-state index in [2.05, 4.69) is 10.3 Å². The van der Waals surface area contributed by atoms with Gasteiger partial charge in [0.2, 0.25) is 0 Å². The minimum absolute atomic E-state index is 0.386. The molecule has 0 radical (unpaired) electrons. The quantitative estimate of drug-likeness (QED) is 0.630. The minimum atomic E-state index is -0.756. The zero-order valence-electron chi connectivity index (χ0n) is 14.2. The van der Waals surface area contributed by atoms with Crippen molar-refractivity contribution in [3.8, 4) is 0 Å². The number of halogens is 1. The first-order valence-electron chi connectivity index (χ1n) is 8.04. The molecule has 1 aromatic heterocycles. The standard InChI is InChI=1S/C16H27ClN4O2/c1-4-18-15(19-12-16(22)5-7-23-8-6-16)21(3)11-14-9-13(17)10-20(14)2/h9-10,22H,4-8,11-12H2,1-3H3,(H,18,19). The van der Waals surface area contributed by atoms with Crippen LogP contribution in [0, 0.1) is 0 Å². The number of guanidine groups is 1. The highest BCUT2D eigenvalue weighted by molar-refractivity contribution is 6.30. The second-order valence-corrected chi connectivity index (χ2v) is 6.56. The van der Waals surface area contributed by atoms with E-state index in [4.69, 9.17) is 16.3 Å². The molecular weight excluding hydrogens is 316 g/mol. The number of nitrogens with zero attached hydrogens (tertiary/aromatic N) is 3. The molecule has 1 fully saturated rings. The minimum Gasteiger partial charge on any atom is -0.388 e. The van der Waals surface area contributed by atoms with Crippen LogP contribution in [0.5, 0.6) is 0 Å². The SMILES string of the molecule is CCNC(=NCC1(O)CCOCC1)N(C)Cc1cc(Cl)cn1C. The lowest BCUT2D eigenvalue weighted by atomic mass is 9.95. The molecule has 0 amide bonds. The molecule has 0 spiro atoms. The summed E-state index contributed by atoms with van der Waals surface area (Å²) in [4.78, 5) is 6.66. The molecule has 2 N–H and O–H groups in total. The van der Waals surface area contributed by atoms with Crippen LogP contribution in [0.3, 0.4) is 0 Å². The first-order valence-corrected chi connectivity index (χ1v) is 8.41. The van der Waals surface area contributed by atoms with Gasteiger partial charge in [-0.3, -0.25) is 4.99 Å². The Morgan fingerprint density at radius 2 is 2.22 bits per heavy atom. The van der Waals surface area contributed by atoms with Gasteiger partial charge in [-0.2, -0.15) is 0 Å². The Labute approximate surface area is 143 Å². The summed E-state index contributed by atoms with van der Waals surface area (Å²) in [6, 6.07) is 1.95. The van der Waals surface area contributed by atoms with Gasteiger partial charge in [0.05, 0.1) is 23.7 Å². The largest absolute Gasteiger partial charge is 0.388 e. The number of aryl methyl sites for hydroxylation is 1. The number of aromatic nitrogens is 1. The second-order valence-electron chi connectivity index (χ2n) is 6.12. The lowest BCUT2D eigenvalue weighted by Crippen LogP contribution is -2.43. The fraction of sp³-hybridized carbons (Fsp3) is 0.688. The summed E-state index contributed by atoms with van der Waals surface area (Å²) in [6.45, 7) is 5.08. The van der Waals surface area contributed by atoms with Crippen molar-refractivity contribution < 1.29 is 9.84 Å². The molecule has 0 saturated carbocycles. The second kappa shape index (κ2) is 8.04. The van der Waals surface area contributed by atoms with E-state index in [1.807, 2.05) is 42.7 Å². The number of hydrogen-bond donors (Lipinski definition) is 2. The molecule has 1 aliphatic heterocycles. The van der Waals surface area contributed by atoms with Gasteiger partial charge >= 0.3 is 0 Å². The number of nitrogens with one attached hydrogen (secondary N) is 1. The van der Waals surface area contributed by atoms with Gasteiger partial charge in [0.1, 0.15) is 0 Å². The average molecular weight is 343 g/mol. The van der Waals surface area contributed by atoms with Gasteiger partial charge in [-0.05, 0) is 13.0 Å². The third-order valence-corrected chi connectivity index (χ3v) is 4.32. The summed E-state index contributed by atoms with van der Waals surface area (Å²) in [5.41, 5.74) is 0.349. The molecule has 0 unspecified atom stereocenters. The van der Waals surface area contributed by atoms with Crippen LogP contribution >= 0.6 is 11.6 Å². The normalized spacial score (nSPS) is 18.0. The van der Waals surface area contributed by atoms with Crippen LogP contribution in [0.1, 0.15) is 25.5 Å². The van der Waals surface area contributed by atoms with Crippen LogP contribution in [0.4, 0.5) is 0 Å². The Balaban J connectivity index is 2.03. The van der Waals surface area contributed by atoms with Crippen LogP contribution in [0.25, 0.3) is 0 Å². The molecule has 1 aliphatic rings. The summed E-state index contributed by atoms with van der Waals surface area (Å²) in [6.07, 6.45) is 3.15. The molecule has 1 aromatic rings. The summed E-state index contributed by atoms with van der Waals surface area (Å²) >= 11 is 6.04. The van der Waals surface area contributed by atoms with Gasteiger partial charge in [-0.1, -0.05) is 11.6 Å². The number of rotatable bonds is 5. The lowest BCUT2D eigenvalue weighted by Gasteiger charge is -2.31. The Kier molecular flexibility index (Phi) is 6.33. The first-order chi connectivity index (χ1) is 10.9. The van der Waals surface area contributed by atoms with Gasteiger partial charge < -0.3 is 24.6 Å². The number of hydrogen-bond acceptors (Lipinski definition) is 3. The Morgan fingerprint density at radius 3 is 2.78 bits per heavy atom. The molecule has 0 atom stereocenters. The maximum absolute atomic E-state index is 10.6. The van der Waals surface area contributed by atoms with E-state index in [9.17, 15) is 5.11 Å². The molecule has 0 aliphatic carbocycles. The molecule has 2 rings (SSSR count). The lowest BCUT2D eigenvalue weighted by molar-refractivity contribution is -0.0566. The smallest absolute Gasteiger partial charge is 0.194 e. The van der Waals surface area contributed by atoms with Gasteiger partial charge in [0.25, 0.3) is 0 Å². The highest BCUT2D eigenvalue weighted by Crippen LogP contribution is 2.21. The predicted molar refractivity (Wildman–Crippen MR) is 92.9 cm³/mol. The van der Waals surface area contributed by atoms with Gasteiger partial charge in [0.15, 0.2) is 5.96 Å². The summed E-state index contributed by atoms with van der Waals surface area (Å²) in [5.74, 6) is 0.782. The van der Waals surface area contributed by atoms with Gasteiger partial charge in [-0.25, -0.2) is 0 Å². The average Bonchev–Trinajstić information content (AvgIpc) is 2.82. The van der Waals surface area contributed by atoms with Crippen molar-refractivity contribution in [2.45, 2.75) is 31.9 Å². The predicted octanol–water partition coefficient (Wildman–Crippen LogP) is 1.62. The van der Waals surface area contributed by atoms with Gasteiger partial charge in [-0.15, -0.1) is 0 Å². The Bertz CT molecular complexity index is 538. The third kappa shape index (κ3) is 5.12. The Morgan fingerprint density at radius 1 is 1.52 bits per heavy atom. The van der Waals surface area contributed by atoms with Crippen molar-refractivity contribution in [3.05, 3.63) is 23.0 Å². The molecule has 6 nitrogen and oxygen atoms in total. The molecule has 7 heteroatoms. The maximum Gasteiger partial charge on any atom is 0.194 e. The van der Waals surface area contributed by atoms with Crippen molar-refractivity contribution in [3.63, 3.8) is 0 Å². The molecule has 0 aromatic carbocycles. The Hall–Kier alpha value is -1.24. The fourth-order valence-electron chi connectivity index (χ4n) is 2.64. The third-order valence-electron chi connectivity index (χ3n) is 4.12. The van der Waals surface area contributed by atoms with E-state index in [1.54, 1.807) is 0 Å². The first kappa shape index (κ1) is 18.1. The molecule has 1 saturated heterocycles. The van der Waals surface area contributed by atoms with Crippen molar-refractivity contribution in [2.24, 2.45) is 12.0 Å². The zero-order chi connectivity index (χ0) is 16.9. The number of aliphatic hydroxyl groups is 1. The summed E-state index contributed by atoms with van der Waals surface area (Å²) in [7, 11) is 3.96. The van der Waals surface area contributed by atoms with Crippen LogP contribution < -0.4 is 5.32 Å². The molecule has 0 bridgehead atoms. The molecule has 2 heterocycles. The van der Waals surface area contributed by atoms with E-state index < -0.39 is 5.60 Å². The van der Waals surface area contributed by atoms with E-state index in [0.29, 0.717) is 39.1 Å².